The number of carbonyl (C=O) groups excluding carboxylic acids is 1. The fraction of sp³-hybridized carbons (Fsp3) is 0.571. The van der Waals surface area contributed by atoms with Crippen molar-refractivity contribution < 1.29 is 19.4 Å². The number of amides is 1. The van der Waals surface area contributed by atoms with E-state index in [4.69, 9.17) is 9.72 Å². The van der Waals surface area contributed by atoms with Crippen molar-refractivity contribution in [2.45, 2.75) is 50.7 Å². The lowest BCUT2D eigenvalue weighted by Gasteiger charge is -2.21. The van der Waals surface area contributed by atoms with Gasteiger partial charge in [-0.3, -0.25) is 4.79 Å². The van der Waals surface area contributed by atoms with Gasteiger partial charge < -0.3 is 30.3 Å². The molecule has 2 saturated heterocycles. The number of nitrogens with zero attached hydrogens (tertiary/aromatic N) is 4. The first kappa shape index (κ1) is 26.4. The molecule has 3 N–H and O–H groups in total. The van der Waals surface area contributed by atoms with Crippen molar-refractivity contribution in [2.24, 2.45) is 5.92 Å². The largest absolute Gasteiger partial charge is 0.480 e. The summed E-state index contributed by atoms with van der Waals surface area (Å²) in [6.07, 6.45) is 6.88. The highest BCUT2D eigenvalue weighted by molar-refractivity contribution is 5.85. The van der Waals surface area contributed by atoms with Crippen molar-refractivity contribution in [3.63, 3.8) is 0 Å². The minimum atomic E-state index is -0.989. The summed E-state index contributed by atoms with van der Waals surface area (Å²) in [6.45, 7) is 5.15. The number of likely N-dealkylation sites (tertiary alicyclic amines) is 1. The van der Waals surface area contributed by atoms with E-state index in [9.17, 15) is 14.7 Å². The van der Waals surface area contributed by atoms with Crippen molar-refractivity contribution in [2.75, 3.05) is 56.1 Å². The molecule has 0 saturated carbocycles. The molecular weight excluding hydrogens is 484 g/mol. The van der Waals surface area contributed by atoms with Crippen LogP contribution in [-0.4, -0.2) is 89.9 Å². The Morgan fingerprint density at radius 2 is 2.11 bits per heavy atom. The predicted octanol–water partition coefficient (Wildman–Crippen LogP) is 1.95. The molecule has 3 atom stereocenters. The van der Waals surface area contributed by atoms with E-state index in [1.165, 1.54) is 5.56 Å². The van der Waals surface area contributed by atoms with Crippen LogP contribution in [0.1, 0.15) is 36.9 Å². The molecule has 2 aromatic heterocycles. The maximum atomic E-state index is 12.8. The second kappa shape index (κ2) is 12.5. The van der Waals surface area contributed by atoms with Gasteiger partial charge in [-0.2, -0.15) is 0 Å². The number of aromatic nitrogens is 2. The average molecular weight is 523 g/mol. The van der Waals surface area contributed by atoms with E-state index in [1.807, 2.05) is 18.2 Å². The van der Waals surface area contributed by atoms with Crippen LogP contribution >= 0.6 is 0 Å². The summed E-state index contributed by atoms with van der Waals surface area (Å²) in [5.74, 6) is 0.448. The number of nitrogens with one attached hydrogen (secondary N) is 2. The predicted molar refractivity (Wildman–Crippen MR) is 144 cm³/mol. The molecule has 5 heterocycles. The molecular formula is C28H38N6O4. The minimum Gasteiger partial charge on any atom is -0.480 e. The van der Waals surface area contributed by atoms with E-state index in [0.717, 1.165) is 69.2 Å². The van der Waals surface area contributed by atoms with Gasteiger partial charge in [0.15, 0.2) is 0 Å². The number of carbonyl (C=O) groups is 2. The van der Waals surface area contributed by atoms with Crippen molar-refractivity contribution in [3.05, 3.63) is 47.8 Å². The van der Waals surface area contributed by atoms with Crippen molar-refractivity contribution in [3.8, 4) is 0 Å². The molecule has 2 aromatic rings. The summed E-state index contributed by atoms with van der Waals surface area (Å²) in [7, 11) is 0. The number of anilines is 2. The van der Waals surface area contributed by atoms with Crippen molar-refractivity contribution in [1.29, 1.82) is 0 Å². The van der Waals surface area contributed by atoms with Crippen LogP contribution in [-0.2, 0) is 27.2 Å². The zero-order valence-corrected chi connectivity index (χ0v) is 21.8. The molecule has 10 heteroatoms. The Hall–Kier alpha value is -3.24. The zero-order valence-electron chi connectivity index (χ0n) is 21.8. The number of carboxylic acid groups (broad SMARTS) is 1. The molecule has 0 aromatic carbocycles. The van der Waals surface area contributed by atoms with Gasteiger partial charge in [0.2, 0.25) is 5.91 Å². The van der Waals surface area contributed by atoms with Gasteiger partial charge >= 0.3 is 5.97 Å². The van der Waals surface area contributed by atoms with E-state index in [2.05, 4.69) is 37.6 Å². The van der Waals surface area contributed by atoms with Crippen LogP contribution in [0, 0.1) is 5.92 Å². The number of hydrogen-bond donors (Lipinski definition) is 3. The lowest BCUT2D eigenvalue weighted by Crippen LogP contribution is -2.45. The second-order valence-electron chi connectivity index (χ2n) is 10.5. The molecule has 1 unspecified atom stereocenters. The Bertz CT molecular complexity index is 1100. The van der Waals surface area contributed by atoms with Crippen molar-refractivity contribution in [1.82, 2.24) is 20.2 Å². The van der Waals surface area contributed by atoms with Gasteiger partial charge in [0, 0.05) is 57.6 Å². The standard InChI is InChI=1S/C28H38N6O4/c35-27(21-8-16-34(18-21)25-5-1-2-12-29-25)32-24(28(36)37)10-15-33-14-9-23(19-33)38-17-11-22-7-6-20-4-3-13-30-26(20)31-22/h1-2,5-7,12,21,23-24H,3-4,8-11,13-19H2,(H,30,31)(H,32,35)(H,36,37)/t21-,23+,24?/m0/s1. The van der Waals surface area contributed by atoms with Crippen LogP contribution in [0.15, 0.2) is 36.5 Å². The molecule has 204 valence electrons. The molecule has 5 rings (SSSR count). The Labute approximate surface area is 223 Å². The van der Waals surface area contributed by atoms with Gasteiger partial charge in [-0.25, -0.2) is 14.8 Å². The fourth-order valence-electron chi connectivity index (χ4n) is 5.56. The Morgan fingerprint density at radius 1 is 1.18 bits per heavy atom. The first-order valence-corrected chi connectivity index (χ1v) is 13.8. The smallest absolute Gasteiger partial charge is 0.326 e. The van der Waals surface area contributed by atoms with Crippen LogP contribution in [0.4, 0.5) is 11.6 Å². The highest BCUT2D eigenvalue weighted by Gasteiger charge is 2.32. The third-order valence-electron chi connectivity index (χ3n) is 7.77. The monoisotopic (exact) mass is 522 g/mol. The number of fused-ring (bicyclic) bond motifs is 1. The molecule has 3 aliphatic rings. The van der Waals surface area contributed by atoms with Crippen LogP contribution in [0.5, 0.6) is 0 Å². The second-order valence-corrected chi connectivity index (χ2v) is 10.5. The van der Waals surface area contributed by atoms with Gasteiger partial charge in [-0.1, -0.05) is 12.1 Å². The van der Waals surface area contributed by atoms with Gasteiger partial charge in [0.25, 0.3) is 0 Å². The number of aryl methyl sites for hydroxylation is 1. The number of pyridine rings is 2. The van der Waals surface area contributed by atoms with E-state index >= 15 is 0 Å². The summed E-state index contributed by atoms with van der Waals surface area (Å²) < 4.78 is 6.12. The lowest BCUT2D eigenvalue weighted by atomic mass is 10.1. The fourth-order valence-corrected chi connectivity index (χ4v) is 5.56. The van der Waals surface area contributed by atoms with E-state index in [0.29, 0.717) is 32.5 Å². The van der Waals surface area contributed by atoms with Crippen LogP contribution in [0.2, 0.25) is 0 Å². The molecule has 0 spiro atoms. The van der Waals surface area contributed by atoms with Gasteiger partial charge in [0.05, 0.1) is 18.6 Å². The third-order valence-corrected chi connectivity index (χ3v) is 7.77. The Balaban J connectivity index is 1.02. The maximum absolute atomic E-state index is 12.8. The summed E-state index contributed by atoms with van der Waals surface area (Å²) in [6, 6.07) is 9.08. The van der Waals surface area contributed by atoms with Gasteiger partial charge in [-0.15, -0.1) is 0 Å². The summed E-state index contributed by atoms with van der Waals surface area (Å²) in [5.41, 5.74) is 2.33. The van der Waals surface area contributed by atoms with Crippen LogP contribution in [0.25, 0.3) is 0 Å². The number of aliphatic carboxylic acids is 1. The Morgan fingerprint density at radius 3 is 2.95 bits per heavy atom. The SMILES string of the molecule is O=C(O)C(CCN1CC[C@@H](OCCc2ccc3c(n2)NCCC3)C1)NC(=O)[C@H]1CCN(c2ccccn2)C1. The number of carboxylic acids is 1. The zero-order chi connectivity index (χ0) is 26.3. The number of rotatable bonds is 11. The normalized spacial score (nSPS) is 22.1. The average Bonchev–Trinajstić information content (AvgIpc) is 3.61. The molecule has 0 aliphatic carbocycles. The number of ether oxygens (including phenoxy) is 1. The number of hydrogen-bond acceptors (Lipinski definition) is 8. The van der Waals surface area contributed by atoms with Crippen LogP contribution in [0.3, 0.4) is 0 Å². The van der Waals surface area contributed by atoms with Gasteiger partial charge in [-0.05, 0) is 55.9 Å². The summed E-state index contributed by atoms with van der Waals surface area (Å²) in [4.78, 5) is 38.1. The quantitative estimate of drug-likeness (QED) is 0.407. The minimum absolute atomic E-state index is 0.139. The molecule has 1 amide bonds. The first-order valence-electron chi connectivity index (χ1n) is 13.8. The molecule has 38 heavy (non-hydrogen) atoms. The van der Waals surface area contributed by atoms with Crippen molar-refractivity contribution >= 4 is 23.5 Å². The Kier molecular flexibility index (Phi) is 8.70. The van der Waals surface area contributed by atoms with E-state index < -0.39 is 12.0 Å². The first-order chi connectivity index (χ1) is 18.5. The highest BCUT2D eigenvalue weighted by atomic mass is 16.5. The molecule has 10 nitrogen and oxygen atoms in total. The molecule has 0 bridgehead atoms. The maximum Gasteiger partial charge on any atom is 0.326 e. The van der Waals surface area contributed by atoms with E-state index in [-0.39, 0.29) is 17.9 Å². The van der Waals surface area contributed by atoms with Crippen LogP contribution < -0.4 is 15.5 Å². The summed E-state index contributed by atoms with van der Waals surface area (Å²) >= 11 is 0. The van der Waals surface area contributed by atoms with Gasteiger partial charge in [0.1, 0.15) is 17.7 Å². The summed E-state index contributed by atoms with van der Waals surface area (Å²) in [5, 5.41) is 15.9. The molecule has 2 fully saturated rings. The topological polar surface area (TPSA) is 120 Å². The molecule has 3 aliphatic heterocycles. The lowest BCUT2D eigenvalue weighted by molar-refractivity contribution is -0.142. The molecule has 0 radical (unpaired) electrons. The third kappa shape index (κ3) is 6.79. The van der Waals surface area contributed by atoms with E-state index in [1.54, 1.807) is 6.20 Å². The highest BCUT2D eigenvalue weighted by Crippen LogP contribution is 2.23.